The van der Waals surface area contributed by atoms with E-state index in [9.17, 15) is 53.4 Å². The summed E-state index contributed by atoms with van der Waals surface area (Å²) in [5.74, 6) is -7.20. The number of hydrogen-bond acceptors (Lipinski definition) is 12. The van der Waals surface area contributed by atoms with Crippen LogP contribution < -0.4 is 49.1 Å². The highest BCUT2D eigenvalue weighted by Gasteiger charge is 2.41. The van der Waals surface area contributed by atoms with Crippen LogP contribution >= 0.6 is 0 Å². The van der Waals surface area contributed by atoms with Gasteiger partial charge in [0.25, 0.3) is 0 Å². The number of carbonyl (C=O) groups excluding carboxylic acids is 8. The van der Waals surface area contributed by atoms with E-state index in [1.54, 1.807) is 13.8 Å². The third-order valence-electron chi connectivity index (χ3n) is 10.9. The maximum absolute atomic E-state index is 13.8. The van der Waals surface area contributed by atoms with E-state index in [0.717, 1.165) is 0 Å². The summed E-state index contributed by atoms with van der Waals surface area (Å²) in [7, 11) is 0. The van der Waals surface area contributed by atoms with Crippen LogP contribution in [0.3, 0.4) is 0 Å². The first kappa shape index (κ1) is 54.6. The molecule has 64 heavy (non-hydrogen) atoms. The Hall–Kier alpha value is -5.58. The Bertz CT molecular complexity index is 1690. The van der Waals surface area contributed by atoms with Gasteiger partial charge in [0.2, 0.25) is 47.3 Å². The molecule has 0 radical (unpaired) electrons. The Morgan fingerprint density at radius 1 is 0.688 bits per heavy atom. The Balaban J connectivity index is 2.06. The van der Waals surface area contributed by atoms with Gasteiger partial charge in [0, 0.05) is 19.6 Å². The minimum atomic E-state index is -1.39. The standard InChI is InChI=1S/C41H72N12O11/c1-21(2)17-26(34(57)46-19-31(55)47-24(7)38(61)52-15-9-13-30(52)37(60)51-32(23(5)6)40(63)64)48-35(58)27(18-22(3)4)49-36(59)29-12-10-16-53(29)39(62)28(20-54)50-33(56)25(42)11-8-14-45-41(43)44/h21-30,32,54H,8-20,42H2,1-7H3,(H,46,57)(H,47,55)(H,48,58)(H,49,59)(H,50,56)(H,51,60)(H,63,64)(H4,43,44,45)/t24-,25-,26-,27-,28-,29-,30-,32-/m0/s1. The molecule has 23 heteroatoms. The molecule has 0 aromatic carbocycles. The maximum Gasteiger partial charge on any atom is 0.326 e. The average Bonchev–Trinajstić information content (AvgIpc) is 3.92. The molecule has 2 saturated heterocycles. The van der Waals surface area contributed by atoms with Crippen LogP contribution in [0.2, 0.25) is 0 Å². The molecule has 8 atom stereocenters. The summed E-state index contributed by atoms with van der Waals surface area (Å²) in [6, 6.07) is -8.86. The summed E-state index contributed by atoms with van der Waals surface area (Å²) in [4.78, 5) is 125. The number of aliphatic carboxylic acids is 1. The number of nitrogens with one attached hydrogen (secondary N) is 6. The summed E-state index contributed by atoms with van der Waals surface area (Å²) < 4.78 is 0. The van der Waals surface area contributed by atoms with Crippen LogP contribution in [-0.4, -0.2) is 160 Å². The van der Waals surface area contributed by atoms with Gasteiger partial charge in [0.15, 0.2) is 5.96 Å². The van der Waals surface area contributed by atoms with Gasteiger partial charge in [-0.1, -0.05) is 41.5 Å². The van der Waals surface area contributed by atoms with Crippen molar-refractivity contribution in [2.24, 2.45) is 39.9 Å². The molecule has 2 aliphatic rings. The minimum Gasteiger partial charge on any atom is -0.480 e. The van der Waals surface area contributed by atoms with Crippen molar-refractivity contribution in [2.45, 2.75) is 148 Å². The molecule has 2 heterocycles. The number of amides is 8. The van der Waals surface area contributed by atoms with Crippen molar-refractivity contribution in [2.75, 3.05) is 32.8 Å². The van der Waals surface area contributed by atoms with E-state index in [-0.39, 0.29) is 63.1 Å². The molecule has 2 aliphatic heterocycles. The van der Waals surface area contributed by atoms with Crippen molar-refractivity contribution in [1.82, 2.24) is 41.7 Å². The molecule has 0 spiro atoms. The number of likely N-dealkylation sites (tertiary alicyclic amines) is 2. The first-order valence-corrected chi connectivity index (χ1v) is 22.0. The van der Waals surface area contributed by atoms with Gasteiger partial charge in [-0.05, 0) is 76.0 Å². The van der Waals surface area contributed by atoms with E-state index >= 15 is 0 Å². The second-order valence-corrected chi connectivity index (χ2v) is 17.6. The van der Waals surface area contributed by atoms with Gasteiger partial charge in [-0.15, -0.1) is 0 Å². The van der Waals surface area contributed by atoms with Crippen LogP contribution in [0.5, 0.6) is 0 Å². The molecule has 0 aromatic rings. The summed E-state index contributed by atoms with van der Waals surface area (Å²) in [5.41, 5.74) is 16.6. The molecule has 0 aliphatic carbocycles. The van der Waals surface area contributed by atoms with Gasteiger partial charge in [0.05, 0.1) is 19.2 Å². The predicted octanol–water partition coefficient (Wildman–Crippen LogP) is -3.27. The molecule has 362 valence electrons. The van der Waals surface area contributed by atoms with E-state index in [1.165, 1.54) is 16.7 Å². The second kappa shape index (κ2) is 26.3. The number of aliphatic hydroxyl groups excluding tert-OH is 1. The molecule has 2 rings (SSSR count). The number of carboxylic acid groups (broad SMARTS) is 1. The lowest BCUT2D eigenvalue weighted by atomic mass is 9.99. The van der Waals surface area contributed by atoms with Crippen LogP contribution in [0.1, 0.15) is 99.8 Å². The zero-order valence-corrected chi connectivity index (χ0v) is 38.2. The average molecular weight is 909 g/mol. The molecular weight excluding hydrogens is 837 g/mol. The highest BCUT2D eigenvalue weighted by Crippen LogP contribution is 2.21. The van der Waals surface area contributed by atoms with Crippen molar-refractivity contribution in [3.8, 4) is 0 Å². The van der Waals surface area contributed by atoms with Crippen LogP contribution in [0, 0.1) is 17.8 Å². The third-order valence-corrected chi connectivity index (χ3v) is 10.9. The summed E-state index contributed by atoms with van der Waals surface area (Å²) >= 11 is 0. The van der Waals surface area contributed by atoms with Gasteiger partial charge in [-0.25, -0.2) is 4.79 Å². The molecule has 2 fully saturated rings. The molecule has 0 bridgehead atoms. The van der Waals surface area contributed by atoms with Gasteiger partial charge >= 0.3 is 5.97 Å². The molecular formula is C41H72N12O11. The lowest BCUT2D eigenvalue weighted by Crippen LogP contribution is -2.59. The zero-order chi connectivity index (χ0) is 48.4. The fourth-order valence-corrected chi connectivity index (χ4v) is 7.52. The van der Waals surface area contributed by atoms with Crippen molar-refractivity contribution in [3.63, 3.8) is 0 Å². The monoisotopic (exact) mass is 909 g/mol. The first-order chi connectivity index (χ1) is 30.0. The SMILES string of the molecule is CC(C)C[C@H](NC(=O)[C@H](CC(C)C)NC(=O)[C@@H]1CCCN1C(=O)[C@H](CO)NC(=O)[C@@H](N)CCCN=C(N)N)C(=O)NCC(=O)N[C@@H](C)C(=O)N1CCC[C@H]1C(=O)N[C@H](C(=O)O)C(C)C. The van der Waals surface area contributed by atoms with Crippen LogP contribution in [0.25, 0.3) is 0 Å². The number of aliphatic hydroxyl groups is 1. The lowest BCUT2D eigenvalue weighted by molar-refractivity contribution is -0.145. The number of hydrogen-bond donors (Lipinski definition) is 11. The Labute approximate surface area is 374 Å². The van der Waals surface area contributed by atoms with Crippen LogP contribution in [0.15, 0.2) is 4.99 Å². The van der Waals surface area contributed by atoms with Crippen molar-refractivity contribution < 1.29 is 53.4 Å². The van der Waals surface area contributed by atoms with Crippen molar-refractivity contribution in [3.05, 3.63) is 0 Å². The van der Waals surface area contributed by atoms with E-state index in [2.05, 4.69) is 36.9 Å². The molecule has 0 unspecified atom stereocenters. The van der Waals surface area contributed by atoms with E-state index in [4.69, 9.17) is 17.2 Å². The number of guanidine groups is 1. The summed E-state index contributed by atoms with van der Waals surface area (Å²) in [6.07, 6.45) is 2.39. The van der Waals surface area contributed by atoms with Crippen molar-refractivity contribution in [1.29, 1.82) is 0 Å². The van der Waals surface area contributed by atoms with E-state index in [0.29, 0.717) is 25.7 Å². The number of nitrogens with two attached hydrogens (primary N) is 3. The molecule has 8 amide bonds. The molecule has 0 saturated carbocycles. The largest absolute Gasteiger partial charge is 0.480 e. The van der Waals surface area contributed by atoms with Crippen LogP contribution in [0.4, 0.5) is 0 Å². The Kier molecular flexibility index (Phi) is 22.4. The minimum absolute atomic E-state index is 0.102. The summed E-state index contributed by atoms with van der Waals surface area (Å²) in [5, 5.41) is 34.9. The smallest absolute Gasteiger partial charge is 0.326 e. The highest BCUT2D eigenvalue weighted by molar-refractivity contribution is 5.97. The zero-order valence-electron chi connectivity index (χ0n) is 38.2. The highest BCUT2D eigenvalue weighted by atomic mass is 16.4. The van der Waals surface area contributed by atoms with Gasteiger partial charge in [-0.2, -0.15) is 0 Å². The van der Waals surface area contributed by atoms with Crippen LogP contribution in [-0.2, 0) is 43.2 Å². The van der Waals surface area contributed by atoms with Crippen molar-refractivity contribution >= 4 is 59.2 Å². The van der Waals surface area contributed by atoms with Gasteiger partial charge in [0.1, 0.15) is 42.3 Å². The predicted molar refractivity (Wildman–Crippen MR) is 234 cm³/mol. The topological polar surface area (TPSA) is 363 Å². The molecule has 23 nitrogen and oxygen atoms in total. The maximum atomic E-state index is 13.8. The first-order valence-electron chi connectivity index (χ1n) is 22.0. The number of rotatable bonds is 25. The van der Waals surface area contributed by atoms with E-state index in [1.807, 2.05) is 27.7 Å². The molecule has 0 aromatic heterocycles. The van der Waals surface area contributed by atoms with Gasteiger partial charge < -0.3 is 69.1 Å². The number of nitrogens with zero attached hydrogens (tertiary/aromatic N) is 3. The number of aliphatic imine (C=N–C) groups is 1. The number of carboxylic acids is 1. The summed E-state index contributed by atoms with van der Waals surface area (Å²) in [6.45, 7) is 11.3. The van der Waals surface area contributed by atoms with E-state index < -0.39 is 121 Å². The third kappa shape index (κ3) is 17.2. The quantitative estimate of drug-likeness (QED) is 0.0243. The fraction of sp³-hybridized carbons (Fsp3) is 0.756. The van der Waals surface area contributed by atoms with Gasteiger partial charge in [-0.3, -0.25) is 43.3 Å². The normalized spacial score (nSPS) is 18.9. The number of carbonyl (C=O) groups is 9. The Morgan fingerprint density at radius 2 is 1.20 bits per heavy atom. The molecule has 14 N–H and O–H groups in total. The fourth-order valence-electron chi connectivity index (χ4n) is 7.52. The Morgan fingerprint density at radius 3 is 1.70 bits per heavy atom. The second-order valence-electron chi connectivity index (χ2n) is 17.6. The lowest BCUT2D eigenvalue weighted by Gasteiger charge is -2.30.